The molecule has 1 aromatic rings. The van der Waals surface area contributed by atoms with Gasteiger partial charge in [-0.1, -0.05) is 6.07 Å². The molecule has 1 aromatic carbocycles. The highest BCUT2D eigenvalue weighted by Crippen LogP contribution is 2.37. The van der Waals surface area contributed by atoms with Crippen LogP contribution in [-0.2, 0) is 15.0 Å². The minimum atomic E-state index is -4.82. The van der Waals surface area contributed by atoms with E-state index in [1.54, 1.807) is 48.5 Å². The Hall–Kier alpha value is -2.65. The number of likely N-dealkylation sites (tertiary alicyclic amines) is 1. The average molecular weight is 446 g/mol. The molecule has 0 atom stereocenters. The molecule has 0 bridgehead atoms. The van der Waals surface area contributed by atoms with E-state index in [2.05, 4.69) is 10.1 Å². The number of aryl methyl sites for hydroxylation is 1. The lowest BCUT2D eigenvalue weighted by Gasteiger charge is -2.50. The van der Waals surface area contributed by atoms with Gasteiger partial charge in [-0.2, -0.15) is 0 Å². The van der Waals surface area contributed by atoms with Crippen molar-refractivity contribution in [1.29, 1.82) is 0 Å². The van der Waals surface area contributed by atoms with Crippen LogP contribution in [0, 0.1) is 6.92 Å². The number of amides is 2. The van der Waals surface area contributed by atoms with Crippen molar-refractivity contribution in [2.24, 2.45) is 0 Å². The number of carbonyl (C=O) groups excluding carboxylic acids is 2. The molecule has 2 rings (SSSR count). The van der Waals surface area contributed by atoms with Crippen molar-refractivity contribution in [3.63, 3.8) is 0 Å². The number of hydrogen-bond acceptors (Lipinski definition) is 5. The van der Waals surface area contributed by atoms with Crippen molar-refractivity contribution in [3.8, 4) is 5.75 Å². The SMILES string of the molecule is Cc1cc(OC(F)(F)F)ccc1C1(NC(=O)OC(C)(C)C)CN(C(=O)OC(C)(C)C)C1. The molecule has 0 spiro atoms. The van der Waals surface area contributed by atoms with Gasteiger partial charge in [0.25, 0.3) is 0 Å². The van der Waals surface area contributed by atoms with Gasteiger partial charge in [-0.05, 0) is 71.7 Å². The molecule has 1 N–H and O–H groups in total. The third-order valence-electron chi connectivity index (χ3n) is 4.26. The van der Waals surface area contributed by atoms with Gasteiger partial charge in [0.15, 0.2) is 0 Å². The quantitative estimate of drug-likeness (QED) is 0.717. The van der Waals surface area contributed by atoms with Crippen LogP contribution in [0.2, 0.25) is 0 Å². The first kappa shape index (κ1) is 24.6. The van der Waals surface area contributed by atoms with Gasteiger partial charge in [0.1, 0.15) is 22.5 Å². The highest BCUT2D eigenvalue weighted by Gasteiger charge is 2.50. The Morgan fingerprint density at radius 2 is 1.55 bits per heavy atom. The molecule has 0 aromatic heterocycles. The fourth-order valence-corrected chi connectivity index (χ4v) is 3.25. The molecule has 1 heterocycles. The predicted octanol–water partition coefficient (Wildman–Crippen LogP) is 4.86. The number of ether oxygens (including phenoxy) is 3. The number of alkyl carbamates (subject to hydrolysis) is 1. The Bertz CT molecular complexity index is 835. The van der Waals surface area contributed by atoms with Gasteiger partial charge < -0.3 is 24.4 Å². The zero-order chi connectivity index (χ0) is 23.8. The normalized spacial score (nSPS) is 16.3. The van der Waals surface area contributed by atoms with Crippen molar-refractivity contribution in [1.82, 2.24) is 10.2 Å². The van der Waals surface area contributed by atoms with E-state index < -0.39 is 35.3 Å². The second-order valence-electron chi connectivity index (χ2n) is 9.57. The molecular weight excluding hydrogens is 417 g/mol. The molecule has 10 heteroatoms. The van der Waals surface area contributed by atoms with Crippen molar-refractivity contribution in [2.45, 2.75) is 71.6 Å². The Labute approximate surface area is 179 Å². The first-order chi connectivity index (χ1) is 13.9. The van der Waals surface area contributed by atoms with Gasteiger partial charge in [0.05, 0.1) is 13.1 Å². The van der Waals surface area contributed by atoms with Gasteiger partial charge >= 0.3 is 18.5 Å². The van der Waals surface area contributed by atoms with Crippen LogP contribution in [0.1, 0.15) is 52.7 Å². The number of hydrogen-bond donors (Lipinski definition) is 1. The molecule has 1 fully saturated rings. The van der Waals surface area contributed by atoms with Crippen LogP contribution in [-0.4, -0.2) is 47.7 Å². The number of rotatable bonds is 3. The van der Waals surface area contributed by atoms with Crippen molar-refractivity contribution in [3.05, 3.63) is 29.3 Å². The zero-order valence-corrected chi connectivity index (χ0v) is 18.8. The second kappa shape index (κ2) is 8.12. The van der Waals surface area contributed by atoms with Crippen LogP contribution in [0.25, 0.3) is 0 Å². The maximum atomic E-state index is 12.5. The van der Waals surface area contributed by atoms with Crippen LogP contribution >= 0.6 is 0 Å². The molecule has 0 unspecified atom stereocenters. The van der Waals surface area contributed by atoms with Crippen LogP contribution in [0.4, 0.5) is 22.8 Å². The monoisotopic (exact) mass is 446 g/mol. The third kappa shape index (κ3) is 6.93. The number of alkyl halides is 3. The van der Waals surface area contributed by atoms with E-state index in [0.717, 1.165) is 0 Å². The molecule has 2 amide bonds. The van der Waals surface area contributed by atoms with E-state index in [1.165, 1.54) is 23.1 Å². The Morgan fingerprint density at radius 3 is 2.00 bits per heavy atom. The fourth-order valence-electron chi connectivity index (χ4n) is 3.25. The number of halogens is 3. The summed E-state index contributed by atoms with van der Waals surface area (Å²) in [6.07, 6.45) is -6.07. The van der Waals surface area contributed by atoms with E-state index in [1.807, 2.05) is 0 Å². The summed E-state index contributed by atoms with van der Waals surface area (Å²) in [5.74, 6) is -0.371. The third-order valence-corrected chi connectivity index (χ3v) is 4.26. The van der Waals surface area contributed by atoms with Gasteiger partial charge in [0.2, 0.25) is 0 Å². The summed E-state index contributed by atoms with van der Waals surface area (Å²) in [7, 11) is 0. The Balaban J connectivity index is 2.30. The smallest absolute Gasteiger partial charge is 0.444 e. The first-order valence-corrected chi connectivity index (χ1v) is 9.75. The van der Waals surface area contributed by atoms with E-state index in [4.69, 9.17) is 9.47 Å². The van der Waals surface area contributed by atoms with Gasteiger partial charge in [0, 0.05) is 0 Å². The highest BCUT2D eigenvalue weighted by atomic mass is 19.4. The molecule has 0 saturated carbocycles. The molecule has 31 heavy (non-hydrogen) atoms. The molecule has 7 nitrogen and oxygen atoms in total. The minimum absolute atomic E-state index is 0.0709. The average Bonchev–Trinajstić information content (AvgIpc) is 2.45. The first-order valence-electron chi connectivity index (χ1n) is 9.75. The van der Waals surface area contributed by atoms with E-state index >= 15 is 0 Å². The largest absolute Gasteiger partial charge is 0.573 e. The van der Waals surface area contributed by atoms with Crippen molar-refractivity contribution < 1.29 is 37.0 Å². The molecule has 1 aliphatic heterocycles. The summed E-state index contributed by atoms with van der Waals surface area (Å²) >= 11 is 0. The highest BCUT2D eigenvalue weighted by molar-refractivity contribution is 5.73. The van der Waals surface area contributed by atoms with E-state index in [-0.39, 0.29) is 18.8 Å². The summed E-state index contributed by atoms with van der Waals surface area (Å²) in [4.78, 5) is 26.3. The molecule has 0 aliphatic carbocycles. The topological polar surface area (TPSA) is 77.1 Å². The molecule has 0 radical (unpaired) electrons. The summed E-state index contributed by atoms with van der Waals surface area (Å²) in [5, 5.41) is 2.79. The van der Waals surface area contributed by atoms with Crippen LogP contribution in [0.15, 0.2) is 18.2 Å². The molecule has 1 saturated heterocycles. The summed E-state index contributed by atoms with van der Waals surface area (Å²) in [6, 6.07) is 3.85. The molecule has 174 valence electrons. The lowest BCUT2D eigenvalue weighted by Crippen LogP contribution is -2.69. The number of carbonyl (C=O) groups is 2. The standard InChI is InChI=1S/C21H29F3N2O5/c1-13-10-14(29-21(22,23)24)8-9-15(13)20(25-16(27)30-18(2,3)4)11-26(12-20)17(28)31-19(5,6)7/h8-10H,11-12H2,1-7H3,(H,25,27). The summed E-state index contributed by atoms with van der Waals surface area (Å²) in [5.41, 5.74) is -1.48. The summed E-state index contributed by atoms with van der Waals surface area (Å²) in [6.45, 7) is 12.1. The lowest BCUT2D eigenvalue weighted by molar-refractivity contribution is -0.274. The van der Waals surface area contributed by atoms with Crippen LogP contribution in [0.3, 0.4) is 0 Å². The predicted molar refractivity (Wildman–Crippen MR) is 107 cm³/mol. The second-order valence-corrected chi connectivity index (χ2v) is 9.57. The number of benzene rings is 1. The number of nitrogens with zero attached hydrogens (tertiary/aromatic N) is 1. The van der Waals surface area contributed by atoms with Gasteiger partial charge in [-0.3, -0.25) is 0 Å². The lowest BCUT2D eigenvalue weighted by atomic mass is 9.80. The van der Waals surface area contributed by atoms with E-state index in [9.17, 15) is 22.8 Å². The maximum absolute atomic E-state index is 12.5. The molecular formula is C21H29F3N2O5. The van der Waals surface area contributed by atoms with E-state index in [0.29, 0.717) is 11.1 Å². The fraction of sp³-hybridized carbons (Fsp3) is 0.619. The Kier molecular flexibility index (Phi) is 6.45. The van der Waals surface area contributed by atoms with Crippen LogP contribution in [0.5, 0.6) is 5.75 Å². The van der Waals surface area contributed by atoms with Crippen LogP contribution < -0.4 is 10.1 Å². The van der Waals surface area contributed by atoms with Crippen molar-refractivity contribution >= 4 is 12.2 Å². The van der Waals surface area contributed by atoms with Gasteiger partial charge in [-0.15, -0.1) is 13.2 Å². The summed E-state index contributed by atoms with van der Waals surface area (Å²) < 4.78 is 52.3. The zero-order valence-electron chi connectivity index (χ0n) is 18.8. The van der Waals surface area contributed by atoms with Crippen molar-refractivity contribution in [2.75, 3.05) is 13.1 Å². The maximum Gasteiger partial charge on any atom is 0.573 e. The number of nitrogens with one attached hydrogen (secondary N) is 1. The minimum Gasteiger partial charge on any atom is -0.444 e. The van der Waals surface area contributed by atoms with Gasteiger partial charge in [-0.25, -0.2) is 9.59 Å². The Morgan fingerprint density at radius 1 is 1.00 bits per heavy atom. The molecule has 1 aliphatic rings.